The van der Waals surface area contributed by atoms with Crippen LogP contribution in [0.2, 0.25) is 0 Å². The summed E-state index contributed by atoms with van der Waals surface area (Å²) in [5.41, 5.74) is 0. The third kappa shape index (κ3) is 13.3. The number of rotatable bonds is 18. The van der Waals surface area contributed by atoms with Crippen molar-refractivity contribution >= 4 is 58.6 Å². The number of carbonyl (C=O) groups excluding carboxylic acids is 3. The predicted octanol–water partition coefficient (Wildman–Crippen LogP) is -0.0690. The largest absolute Gasteiger partial charge is 0.481 e. The van der Waals surface area contributed by atoms with E-state index in [1.54, 1.807) is 0 Å². The van der Waals surface area contributed by atoms with Gasteiger partial charge in [0.05, 0.1) is 0 Å². The number of hydrogen-bond donors (Lipinski definition) is 6. The third-order valence-corrected chi connectivity index (χ3v) is 9.20. The lowest BCUT2D eigenvalue weighted by Gasteiger charge is -2.48. The highest BCUT2D eigenvalue weighted by atomic mass is 31.2. The van der Waals surface area contributed by atoms with Crippen LogP contribution < -0.4 is 0 Å². The minimum absolute atomic E-state index is 0.435. The maximum Gasteiger partial charge on any atom is 0.339 e. The Balaban J connectivity index is 4.20. The highest BCUT2D eigenvalue weighted by Gasteiger charge is 2.62. The second-order valence-corrected chi connectivity index (χ2v) is 14.6. The van der Waals surface area contributed by atoms with Crippen molar-refractivity contribution in [2.75, 3.05) is 18.5 Å². The number of hydrogen-bond acceptors (Lipinski definition) is 15. The summed E-state index contributed by atoms with van der Waals surface area (Å²) in [6.45, 7) is 3.75. The summed E-state index contributed by atoms with van der Waals surface area (Å²) in [4.78, 5) is 102. The molecular weight excluding hydrogens is 681 g/mol. The molecule has 0 aromatic rings. The Hall–Kier alpha value is -2.73. The van der Waals surface area contributed by atoms with Crippen molar-refractivity contribution < 1.29 is 100 Å². The molecule has 45 heavy (non-hydrogen) atoms. The van der Waals surface area contributed by atoms with E-state index in [2.05, 4.69) is 0 Å². The van der Waals surface area contributed by atoms with E-state index in [1.807, 2.05) is 0 Å². The zero-order valence-electron chi connectivity index (χ0n) is 23.9. The van der Waals surface area contributed by atoms with Crippen molar-refractivity contribution in [3.8, 4) is 0 Å². The molecule has 9 atom stereocenters. The molecule has 0 amide bonds. The maximum atomic E-state index is 12.8. The molecule has 1 aliphatic carbocycles. The smallest absolute Gasteiger partial charge is 0.339 e. The lowest BCUT2D eigenvalue weighted by atomic mass is 9.84. The van der Waals surface area contributed by atoms with E-state index < -0.39 is 133 Å². The van der Waals surface area contributed by atoms with E-state index in [9.17, 15) is 57.1 Å². The van der Waals surface area contributed by atoms with Crippen LogP contribution in [0.3, 0.4) is 0 Å². The summed E-state index contributed by atoms with van der Waals surface area (Å²) in [6, 6.07) is 0. The summed E-state index contributed by atoms with van der Waals surface area (Å²) in [5.74, 6) is -9.36. The van der Waals surface area contributed by atoms with E-state index in [0.29, 0.717) is 0 Å². The van der Waals surface area contributed by atoms with Gasteiger partial charge in [0.1, 0.15) is 36.8 Å². The molecule has 1 rings (SSSR count). The second-order valence-electron chi connectivity index (χ2n) is 9.20. The minimum atomic E-state index is -5.49. The SMILES string of the molecule is CCC(=O)O[C@@H]1[C@@H](OC(=O)CC)[C@H](OP(=O)(O)CC(=O)O)[C@@H](OP(=O)(O)CC(=O)O)[C@@H](OP(=O)(O)CC(=O)O)[C@H]1OC(=O)CC. The van der Waals surface area contributed by atoms with Crippen molar-refractivity contribution in [1.29, 1.82) is 0 Å². The molecule has 1 saturated carbocycles. The minimum Gasteiger partial charge on any atom is -0.481 e. The first-order valence-corrected chi connectivity index (χ1v) is 18.1. The number of aliphatic carboxylic acids is 3. The van der Waals surface area contributed by atoms with Gasteiger partial charge < -0.3 is 44.2 Å². The summed E-state index contributed by atoms with van der Waals surface area (Å²) < 4.78 is 69.2. The van der Waals surface area contributed by atoms with Crippen LogP contribution in [-0.4, -0.2) is 121 Å². The van der Waals surface area contributed by atoms with Gasteiger partial charge in [0, 0.05) is 19.3 Å². The topological polar surface area (TPSA) is 330 Å². The number of carboxylic acids is 3. The Morgan fingerprint density at radius 2 is 0.667 bits per heavy atom. The molecule has 0 bridgehead atoms. The van der Waals surface area contributed by atoms with Crippen LogP contribution in [0, 0.1) is 0 Å². The molecule has 0 spiro atoms. The lowest BCUT2D eigenvalue weighted by Crippen LogP contribution is -2.68. The molecule has 1 fully saturated rings. The van der Waals surface area contributed by atoms with Gasteiger partial charge in [-0.25, -0.2) is 0 Å². The molecule has 0 aliphatic heterocycles. The highest BCUT2D eigenvalue weighted by molar-refractivity contribution is 7.54. The molecular formula is C21H33O21P3. The molecule has 0 heterocycles. The highest BCUT2D eigenvalue weighted by Crippen LogP contribution is 2.54. The van der Waals surface area contributed by atoms with E-state index in [4.69, 9.17) is 43.1 Å². The standard InChI is InChI=1S/C21H33O21P3/c1-4-13(28)37-16-17(38-14(29)5-2)19(40-43(31,32)7-10(22)23)21(42-45(35,36)9-12(26)27)20(18(16)39-15(30)6-3)41-44(33,34)8-11(24)25/h16-21H,4-9H2,1-3H3,(H,22,23)(H,24,25)(H,26,27)(H,31,32)(H,33,34)(H,35,36)/t16-,17-,18+,19-,20-,21-/m0/s1. The van der Waals surface area contributed by atoms with E-state index in [1.165, 1.54) is 20.8 Å². The second kappa shape index (κ2) is 16.7. The van der Waals surface area contributed by atoms with Gasteiger partial charge in [0.15, 0.2) is 18.3 Å². The molecule has 0 radical (unpaired) electrons. The lowest BCUT2D eigenvalue weighted by molar-refractivity contribution is -0.238. The Morgan fingerprint density at radius 3 is 0.867 bits per heavy atom. The van der Waals surface area contributed by atoms with Crippen LogP contribution in [-0.2, 0) is 70.2 Å². The van der Waals surface area contributed by atoms with Gasteiger partial charge in [-0.05, 0) is 0 Å². The molecule has 21 nitrogen and oxygen atoms in total. The van der Waals surface area contributed by atoms with Crippen molar-refractivity contribution in [3.05, 3.63) is 0 Å². The number of ether oxygens (including phenoxy) is 3. The van der Waals surface area contributed by atoms with Crippen LogP contribution in [0.15, 0.2) is 0 Å². The molecule has 0 aromatic heterocycles. The summed E-state index contributed by atoms with van der Waals surface area (Å²) in [5, 5.41) is 27.3. The molecule has 24 heteroatoms. The molecule has 3 unspecified atom stereocenters. The van der Waals surface area contributed by atoms with Gasteiger partial charge >= 0.3 is 58.6 Å². The normalized spacial score (nSPS) is 27.1. The zero-order chi connectivity index (χ0) is 34.9. The van der Waals surface area contributed by atoms with Crippen LogP contribution in [0.5, 0.6) is 0 Å². The Bertz CT molecular complexity index is 1210. The van der Waals surface area contributed by atoms with Crippen LogP contribution in [0.1, 0.15) is 40.0 Å². The average Bonchev–Trinajstić information content (AvgIpc) is 2.86. The molecule has 258 valence electrons. The Labute approximate surface area is 254 Å². The van der Waals surface area contributed by atoms with Crippen molar-refractivity contribution in [3.63, 3.8) is 0 Å². The van der Waals surface area contributed by atoms with E-state index in [-0.39, 0.29) is 0 Å². The monoisotopic (exact) mass is 714 g/mol. The first kappa shape index (κ1) is 40.3. The van der Waals surface area contributed by atoms with Gasteiger partial charge in [-0.3, -0.25) is 56.0 Å². The van der Waals surface area contributed by atoms with E-state index >= 15 is 0 Å². The van der Waals surface area contributed by atoms with Gasteiger partial charge in [-0.2, -0.15) is 0 Å². The van der Waals surface area contributed by atoms with Crippen LogP contribution in [0.4, 0.5) is 0 Å². The fourth-order valence-corrected chi connectivity index (χ4v) is 6.89. The number of esters is 3. The van der Waals surface area contributed by atoms with Crippen molar-refractivity contribution in [2.24, 2.45) is 0 Å². The van der Waals surface area contributed by atoms with Crippen LogP contribution in [0.25, 0.3) is 0 Å². The fourth-order valence-electron chi connectivity index (χ4n) is 3.78. The summed E-state index contributed by atoms with van der Waals surface area (Å²) in [7, 11) is -16.4. The maximum absolute atomic E-state index is 12.8. The Morgan fingerprint density at radius 1 is 0.467 bits per heavy atom. The molecule has 0 aromatic carbocycles. The molecule has 6 N–H and O–H groups in total. The van der Waals surface area contributed by atoms with Crippen molar-refractivity contribution in [1.82, 2.24) is 0 Å². The molecule has 0 saturated heterocycles. The molecule has 1 aliphatic rings. The first-order valence-electron chi connectivity index (χ1n) is 12.8. The Kier molecular flexibility index (Phi) is 15.0. The van der Waals surface area contributed by atoms with Gasteiger partial charge in [-0.1, -0.05) is 20.8 Å². The number of carboxylic acid groups (broad SMARTS) is 3. The third-order valence-electron chi connectivity index (χ3n) is 5.48. The average molecular weight is 714 g/mol. The quantitative estimate of drug-likeness (QED) is 0.0614. The van der Waals surface area contributed by atoms with Crippen LogP contribution >= 0.6 is 22.8 Å². The van der Waals surface area contributed by atoms with Gasteiger partial charge in [0.25, 0.3) is 0 Å². The zero-order valence-corrected chi connectivity index (χ0v) is 26.5. The fraction of sp³-hybridized carbons (Fsp3) is 0.714. The van der Waals surface area contributed by atoms with Gasteiger partial charge in [-0.15, -0.1) is 0 Å². The van der Waals surface area contributed by atoms with Crippen molar-refractivity contribution in [2.45, 2.75) is 76.7 Å². The number of carbonyl (C=O) groups is 6. The van der Waals surface area contributed by atoms with E-state index in [0.717, 1.165) is 0 Å². The van der Waals surface area contributed by atoms with Gasteiger partial charge in [0.2, 0.25) is 0 Å². The predicted molar refractivity (Wildman–Crippen MR) is 142 cm³/mol. The first-order chi connectivity index (χ1) is 20.6. The summed E-state index contributed by atoms with van der Waals surface area (Å²) in [6.07, 6.45) is -21.1. The summed E-state index contributed by atoms with van der Waals surface area (Å²) >= 11 is 0.